The quantitative estimate of drug-likeness (QED) is 0.565. The molecule has 2 heterocycles. The molecule has 3 rings (SSSR count). The molecule has 176 valence electrons. The van der Waals surface area contributed by atoms with E-state index in [9.17, 15) is 9.90 Å². The molecule has 1 aromatic carbocycles. The number of carbonyl (C=O) groups excluding carboxylic acids is 1. The molecule has 1 aliphatic rings. The van der Waals surface area contributed by atoms with E-state index in [1.165, 1.54) is 16.0 Å². The van der Waals surface area contributed by atoms with Crippen LogP contribution in [0.2, 0.25) is 0 Å². The Kier molecular flexibility index (Phi) is 8.74. The highest BCUT2D eigenvalue weighted by Crippen LogP contribution is 2.34. The van der Waals surface area contributed by atoms with Crippen molar-refractivity contribution in [2.75, 3.05) is 32.8 Å². The first-order valence-electron chi connectivity index (χ1n) is 11.7. The molecule has 0 radical (unpaired) electrons. The van der Waals surface area contributed by atoms with E-state index >= 15 is 0 Å². The highest BCUT2D eigenvalue weighted by molar-refractivity contribution is 7.10. The molecule has 2 atom stereocenters. The van der Waals surface area contributed by atoms with Crippen molar-refractivity contribution in [1.82, 2.24) is 9.80 Å². The van der Waals surface area contributed by atoms with Gasteiger partial charge < -0.3 is 14.7 Å². The summed E-state index contributed by atoms with van der Waals surface area (Å²) in [6, 6.07) is 8.26. The number of carbonyl (C=O) groups is 1. The molecule has 0 saturated carbocycles. The SMILES string of the molecule is Cc1ccc(OC[C@H]2c3ccsc3CCN2C(=O)CN(CCC(C)C)C[C@@H](C)O)c(C)c1. The molecule has 0 unspecified atom stereocenters. The van der Waals surface area contributed by atoms with E-state index in [1.54, 1.807) is 18.3 Å². The van der Waals surface area contributed by atoms with Gasteiger partial charge in [-0.05, 0) is 74.7 Å². The Morgan fingerprint density at radius 2 is 2.06 bits per heavy atom. The number of benzene rings is 1. The summed E-state index contributed by atoms with van der Waals surface area (Å²) in [4.78, 5) is 18.9. The van der Waals surface area contributed by atoms with Crippen LogP contribution >= 0.6 is 11.3 Å². The standard InChI is InChI=1S/C26H38N2O3S/c1-18(2)8-11-27(15-21(5)29)16-26(30)28-12-9-25-22(10-13-32-25)23(28)17-31-24-7-6-19(3)14-20(24)4/h6-7,10,13-14,18,21,23,29H,8-9,11-12,15-17H2,1-5H3/t21-,23+/m1/s1. The minimum Gasteiger partial charge on any atom is -0.491 e. The molecule has 1 amide bonds. The lowest BCUT2D eigenvalue weighted by Gasteiger charge is -2.37. The van der Waals surface area contributed by atoms with Crippen molar-refractivity contribution in [3.63, 3.8) is 0 Å². The van der Waals surface area contributed by atoms with Crippen molar-refractivity contribution in [3.05, 3.63) is 51.2 Å². The van der Waals surface area contributed by atoms with Crippen molar-refractivity contribution >= 4 is 17.2 Å². The van der Waals surface area contributed by atoms with Gasteiger partial charge in [-0.25, -0.2) is 0 Å². The molecule has 32 heavy (non-hydrogen) atoms. The van der Waals surface area contributed by atoms with Gasteiger partial charge in [0.1, 0.15) is 12.4 Å². The molecule has 6 heteroatoms. The van der Waals surface area contributed by atoms with Gasteiger partial charge in [-0.15, -0.1) is 11.3 Å². The monoisotopic (exact) mass is 458 g/mol. The van der Waals surface area contributed by atoms with E-state index < -0.39 is 6.10 Å². The maximum absolute atomic E-state index is 13.5. The Balaban J connectivity index is 1.74. The van der Waals surface area contributed by atoms with Gasteiger partial charge in [0.15, 0.2) is 0 Å². The predicted octanol–water partition coefficient (Wildman–Crippen LogP) is 4.60. The number of fused-ring (bicyclic) bond motifs is 1. The second-order valence-corrected chi connectivity index (χ2v) is 10.5. The molecule has 0 saturated heterocycles. The number of aliphatic hydroxyl groups is 1. The first-order valence-corrected chi connectivity index (χ1v) is 12.6. The van der Waals surface area contributed by atoms with E-state index in [1.807, 2.05) is 11.0 Å². The van der Waals surface area contributed by atoms with Crippen LogP contribution in [0.25, 0.3) is 0 Å². The number of amides is 1. The lowest BCUT2D eigenvalue weighted by molar-refractivity contribution is -0.136. The maximum atomic E-state index is 13.5. The van der Waals surface area contributed by atoms with Gasteiger partial charge in [0.25, 0.3) is 0 Å². The van der Waals surface area contributed by atoms with Gasteiger partial charge in [0.05, 0.1) is 18.7 Å². The van der Waals surface area contributed by atoms with Gasteiger partial charge in [0.2, 0.25) is 5.91 Å². The third-order valence-corrected chi connectivity index (χ3v) is 7.04. The van der Waals surface area contributed by atoms with Crippen LogP contribution in [-0.4, -0.2) is 59.7 Å². The topological polar surface area (TPSA) is 53.0 Å². The Labute approximate surface area is 197 Å². The van der Waals surface area contributed by atoms with E-state index in [4.69, 9.17) is 4.74 Å². The molecule has 1 aromatic heterocycles. The largest absolute Gasteiger partial charge is 0.491 e. The number of rotatable bonds is 10. The van der Waals surface area contributed by atoms with Gasteiger partial charge >= 0.3 is 0 Å². The van der Waals surface area contributed by atoms with Crippen LogP contribution in [-0.2, 0) is 11.2 Å². The predicted molar refractivity (Wildman–Crippen MR) is 131 cm³/mol. The lowest BCUT2D eigenvalue weighted by Crippen LogP contribution is -2.47. The molecule has 5 nitrogen and oxygen atoms in total. The highest BCUT2D eigenvalue weighted by Gasteiger charge is 2.33. The van der Waals surface area contributed by atoms with Crippen LogP contribution in [0.4, 0.5) is 0 Å². The molecule has 1 aliphatic heterocycles. The molecule has 2 aromatic rings. The smallest absolute Gasteiger partial charge is 0.237 e. The van der Waals surface area contributed by atoms with Gasteiger partial charge in [-0.1, -0.05) is 31.5 Å². The molecule has 1 N–H and O–H groups in total. The van der Waals surface area contributed by atoms with E-state index in [-0.39, 0.29) is 11.9 Å². The Morgan fingerprint density at radius 3 is 2.75 bits per heavy atom. The van der Waals surface area contributed by atoms with Gasteiger partial charge in [-0.2, -0.15) is 0 Å². The molecule has 0 aliphatic carbocycles. The lowest BCUT2D eigenvalue weighted by atomic mass is 10.00. The van der Waals surface area contributed by atoms with Crippen molar-refractivity contribution in [3.8, 4) is 5.75 Å². The average Bonchev–Trinajstić information content (AvgIpc) is 3.19. The van der Waals surface area contributed by atoms with Crippen LogP contribution in [0.3, 0.4) is 0 Å². The fourth-order valence-corrected chi connectivity index (χ4v) is 5.26. The number of aliphatic hydroxyl groups excluding tert-OH is 1. The Bertz CT molecular complexity index is 893. The molecular weight excluding hydrogens is 420 g/mol. The van der Waals surface area contributed by atoms with Crippen molar-refractivity contribution < 1.29 is 14.6 Å². The van der Waals surface area contributed by atoms with E-state index in [0.29, 0.717) is 32.2 Å². The fourth-order valence-electron chi connectivity index (χ4n) is 4.34. The minimum atomic E-state index is -0.455. The zero-order valence-corrected chi connectivity index (χ0v) is 21.0. The summed E-state index contributed by atoms with van der Waals surface area (Å²) in [5, 5.41) is 12.1. The zero-order valence-electron chi connectivity index (χ0n) is 20.1. The van der Waals surface area contributed by atoms with Gasteiger partial charge in [0, 0.05) is 18.0 Å². The van der Waals surface area contributed by atoms with Crippen LogP contribution in [0, 0.1) is 19.8 Å². The minimum absolute atomic E-state index is 0.0864. The molecule has 0 spiro atoms. The van der Waals surface area contributed by atoms with Crippen LogP contribution < -0.4 is 4.74 Å². The van der Waals surface area contributed by atoms with E-state index in [2.05, 4.69) is 56.2 Å². The van der Waals surface area contributed by atoms with Crippen LogP contribution in [0.5, 0.6) is 5.75 Å². The third kappa shape index (κ3) is 6.56. The highest BCUT2D eigenvalue weighted by atomic mass is 32.1. The summed E-state index contributed by atoms with van der Waals surface area (Å²) < 4.78 is 6.24. The number of hydrogen-bond donors (Lipinski definition) is 1. The van der Waals surface area contributed by atoms with Crippen molar-refractivity contribution in [2.24, 2.45) is 5.92 Å². The molecular formula is C26H38N2O3S. The summed E-state index contributed by atoms with van der Waals surface area (Å²) in [7, 11) is 0. The maximum Gasteiger partial charge on any atom is 0.237 e. The number of ether oxygens (including phenoxy) is 1. The van der Waals surface area contributed by atoms with E-state index in [0.717, 1.165) is 30.7 Å². The number of aryl methyl sites for hydroxylation is 2. The van der Waals surface area contributed by atoms with Crippen molar-refractivity contribution in [2.45, 2.75) is 59.6 Å². The Morgan fingerprint density at radius 1 is 1.28 bits per heavy atom. The molecule has 0 fully saturated rings. The van der Waals surface area contributed by atoms with Crippen LogP contribution in [0.15, 0.2) is 29.6 Å². The number of hydrogen-bond acceptors (Lipinski definition) is 5. The third-order valence-electron chi connectivity index (χ3n) is 6.05. The summed E-state index contributed by atoms with van der Waals surface area (Å²) in [6.07, 6.45) is 1.44. The second-order valence-electron chi connectivity index (χ2n) is 9.50. The second kappa shape index (κ2) is 11.3. The van der Waals surface area contributed by atoms with Crippen molar-refractivity contribution in [1.29, 1.82) is 0 Å². The fraction of sp³-hybridized carbons (Fsp3) is 0.577. The average molecular weight is 459 g/mol. The summed E-state index contributed by atoms with van der Waals surface area (Å²) in [5.41, 5.74) is 3.54. The zero-order chi connectivity index (χ0) is 23.3. The number of thiophene rings is 1. The van der Waals surface area contributed by atoms with Crippen LogP contribution in [0.1, 0.15) is 54.8 Å². The number of nitrogens with zero attached hydrogens (tertiary/aromatic N) is 2. The summed E-state index contributed by atoms with van der Waals surface area (Å²) >= 11 is 1.77. The molecule has 0 bridgehead atoms. The first kappa shape index (κ1) is 24.7. The first-order chi connectivity index (χ1) is 15.2. The summed E-state index contributed by atoms with van der Waals surface area (Å²) in [6.45, 7) is 13.1. The summed E-state index contributed by atoms with van der Waals surface area (Å²) in [5.74, 6) is 1.54. The normalized spacial score (nSPS) is 17.0. The Hall–Kier alpha value is -1.89. The van der Waals surface area contributed by atoms with Gasteiger partial charge in [-0.3, -0.25) is 9.69 Å².